The molecule has 2 aliphatic carbocycles. The number of nitrogens with zero attached hydrogens (tertiary/aromatic N) is 2. The smallest absolute Gasteiger partial charge is 0.410 e. The van der Waals surface area contributed by atoms with Gasteiger partial charge in [-0.1, -0.05) is 25.7 Å². The number of piperidine rings is 2. The Labute approximate surface area is 271 Å². The molecule has 2 heterocycles. The summed E-state index contributed by atoms with van der Waals surface area (Å²) in [5.41, 5.74) is 4.84. The molecule has 2 aliphatic heterocycles. The van der Waals surface area contributed by atoms with E-state index in [0.29, 0.717) is 49.9 Å². The number of carbonyl (C=O) groups is 3. The van der Waals surface area contributed by atoms with Crippen molar-refractivity contribution < 1.29 is 34.1 Å². The molecule has 0 aromatic heterocycles. The monoisotopic (exact) mass is 640 g/mol. The van der Waals surface area contributed by atoms with Crippen LogP contribution in [0.1, 0.15) is 119 Å². The predicted molar refractivity (Wildman–Crippen MR) is 176 cm³/mol. The maximum Gasteiger partial charge on any atom is 0.410 e. The molecule has 0 spiro atoms. The minimum Gasteiger partial charge on any atom is -0.444 e. The third-order valence-corrected chi connectivity index (χ3v) is 8.92. The molecule has 11 heteroatoms. The van der Waals surface area contributed by atoms with Gasteiger partial charge in [0.05, 0.1) is 0 Å². The van der Waals surface area contributed by atoms with Gasteiger partial charge in [0.15, 0.2) is 0 Å². The van der Waals surface area contributed by atoms with Gasteiger partial charge in [-0.3, -0.25) is 4.79 Å². The van der Waals surface area contributed by atoms with Gasteiger partial charge in [-0.2, -0.15) is 0 Å². The van der Waals surface area contributed by atoms with E-state index in [2.05, 4.69) is 5.32 Å². The second-order valence-electron chi connectivity index (χ2n) is 15.1. The van der Waals surface area contributed by atoms with Crippen LogP contribution in [0.3, 0.4) is 0 Å². The molecule has 4 atom stereocenters. The van der Waals surface area contributed by atoms with E-state index in [0.717, 1.165) is 51.6 Å². The largest absolute Gasteiger partial charge is 0.444 e. The summed E-state index contributed by atoms with van der Waals surface area (Å²) in [6.45, 7) is 14.3. The average molecular weight is 641 g/mol. The Morgan fingerprint density at radius 3 is 1.62 bits per heavy atom. The fourth-order valence-corrected chi connectivity index (χ4v) is 6.23. The maximum atomic E-state index is 12.1. The summed E-state index contributed by atoms with van der Waals surface area (Å²) in [6.07, 6.45) is 11.8. The molecule has 5 N–H and O–H groups in total. The van der Waals surface area contributed by atoms with Gasteiger partial charge in [0.1, 0.15) is 17.0 Å². The topological polar surface area (TPSA) is 155 Å². The van der Waals surface area contributed by atoms with Crippen molar-refractivity contribution >= 4 is 18.0 Å². The first-order valence-electron chi connectivity index (χ1n) is 17.3. The van der Waals surface area contributed by atoms with Crippen molar-refractivity contribution in [2.24, 2.45) is 17.6 Å². The van der Waals surface area contributed by atoms with Gasteiger partial charge in [0.25, 0.3) is 0 Å². The molecule has 2 amide bonds. The number of ether oxygens (including phenoxy) is 2. The third-order valence-electron chi connectivity index (χ3n) is 8.92. The van der Waals surface area contributed by atoms with E-state index in [1.807, 2.05) is 46.4 Å². The maximum absolute atomic E-state index is 12.1. The molecule has 4 rings (SSSR count). The van der Waals surface area contributed by atoms with Crippen LogP contribution in [0, 0.1) is 11.8 Å². The molecule has 45 heavy (non-hydrogen) atoms. The number of hydrogen-bond donors (Lipinski definition) is 4. The minimum absolute atomic E-state index is 0.197. The molecule has 262 valence electrons. The van der Waals surface area contributed by atoms with Crippen LogP contribution in [0.4, 0.5) is 9.59 Å². The number of hydrogen-bond acceptors (Lipinski definition) is 9. The standard InChI is InChI=1S/C17H32N2O3.C10H17NO3.C7H15NO/c1-17(2,3)22-16(21)19-10-8-14(9-11-19)18-15-7-5-4-6-13(15)12-20;1-10(2,3)14-9(13)11-6-4-8(12)5-7-11;8-7-4-2-1-3-6(7)5-9/h13-15,18,20H,4-12H2,1-3H3;4-7H2,1-3H3;6-7,9H,1-5,8H2/t13-,15+;;6-,7+/m1.1/s1. The number of rotatable bonds is 4. The van der Waals surface area contributed by atoms with Crippen molar-refractivity contribution in [1.82, 2.24) is 15.1 Å². The first-order valence-corrected chi connectivity index (χ1v) is 17.3. The van der Waals surface area contributed by atoms with E-state index < -0.39 is 11.2 Å². The Bertz CT molecular complexity index is 886. The highest BCUT2D eigenvalue weighted by Crippen LogP contribution is 2.26. The van der Waals surface area contributed by atoms with Crippen LogP contribution in [0.5, 0.6) is 0 Å². The summed E-state index contributed by atoms with van der Waals surface area (Å²) < 4.78 is 10.6. The Balaban J connectivity index is 0.000000261. The van der Waals surface area contributed by atoms with E-state index in [1.54, 1.807) is 4.90 Å². The van der Waals surface area contributed by atoms with Crippen molar-refractivity contribution in [3.8, 4) is 0 Å². The molecule has 11 nitrogen and oxygen atoms in total. The number of nitrogens with one attached hydrogen (secondary N) is 1. The number of likely N-dealkylation sites (tertiary alicyclic amines) is 2. The van der Waals surface area contributed by atoms with Crippen LogP contribution < -0.4 is 11.1 Å². The normalized spacial score (nSPS) is 26.6. The molecule has 4 fully saturated rings. The third kappa shape index (κ3) is 15.5. The lowest BCUT2D eigenvalue weighted by Gasteiger charge is -2.38. The van der Waals surface area contributed by atoms with Gasteiger partial charge in [-0.05, 0) is 91.9 Å². The zero-order chi connectivity index (χ0) is 33.6. The van der Waals surface area contributed by atoms with Gasteiger partial charge >= 0.3 is 12.2 Å². The molecule has 2 saturated carbocycles. The predicted octanol–water partition coefficient (Wildman–Crippen LogP) is 4.61. The summed E-state index contributed by atoms with van der Waals surface area (Å²) in [5.74, 6) is 1.01. The molecule has 0 aromatic rings. The molecular weight excluding hydrogens is 576 g/mol. The van der Waals surface area contributed by atoms with E-state index in [9.17, 15) is 19.5 Å². The summed E-state index contributed by atoms with van der Waals surface area (Å²) in [7, 11) is 0. The van der Waals surface area contributed by atoms with Gasteiger partial charge in [-0.25, -0.2) is 9.59 Å². The second kappa shape index (κ2) is 19.0. The Morgan fingerprint density at radius 1 is 0.733 bits per heavy atom. The number of aliphatic hydroxyl groups excluding tert-OH is 2. The highest BCUT2D eigenvalue weighted by molar-refractivity contribution is 5.81. The molecule has 2 saturated heterocycles. The lowest BCUT2D eigenvalue weighted by molar-refractivity contribution is -0.121. The van der Waals surface area contributed by atoms with Crippen LogP contribution in [0.2, 0.25) is 0 Å². The average Bonchev–Trinajstić information content (AvgIpc) is 2.97. The van der Waals surface area contributed by atoms with Crippen LogP contribution in [-0.4, -0.2) is 107 Å². The van der Waals surface area contributed by atoms with Crippen molar-refractivity contribution in [2.45, 2.75) is 148 Å². The second-order valence-corrected chi connectivity index (χ2v) is 15.1. The van der Waals surface area contributed by atoms with Crippen molar-refractivity contribution in [2.75, 3.05) is 39.4 Å². The Morgan fingerprint density at radius 2 is 1.18 bits per heavy atom. The van der Waals surface area contributed by atoms with Crippen molar-refractivity contribution in [3.05, 3.63) is 0 Å². The van der Waals surface area contributed by atoms with Crippen molar-refractivity contribution in [1.29, 1.82) is 0 Å². The van der Waals surface area contributed by atoms with E-state index in [4.69, 9.17) is 20.3 Å². The number of amides is 2. The number of aliphatic hydroxyl groups is 2. The molecule has 0 unspecified atom stereocenters. The van der Waals surface area contributed by atoms with Crippen LogP contribution in [0.15, 0.2) is 0 Å². The highest BCUT2D eigenvalue weighted by atomic mass is 16.6. The molecule has 0 radical (unpaired) electrons. The summed E-state index contributed by atoms with van der Waals surface area (Å²) in [4.78, 5) is 37.9. The zero-order valence-electron chi connectivity index (χ0n) is 29.0. The number of nitrogens with two attached hydrogens (primary N) is 1. The first kappa shape index (κ1) is 39.2. The Kier molecular flexibility index (Phi) is 16.6. The molecular formula is C34H64N4O7. The first-order chi connectivity index (χ1) is 21.1. The quantitative estimate of drug-likeness (QED) is 0.345. The van der Waals surface area contributed by atoms with Crippen LogP contribution >= 0.6 is 0 Å². The van der Waals surface area contributed by atoms with Crippen LogP contribution in [-0.2, 0) is 14.3 Å². The molecule has 4 aliphatic rings. The van der Waals surface area contributed by atoms with E-state index in [-0.39, 0.29) is 37.2 Å². The van der Waals surface area contributed by atoms with Crippen molar-refractivity contribution in [3.63, 3.8) is 0 Å². The lowest BCUT2D eigenvalue weighted by atomic mass is 9.84. The zero-order valence-corrected chi connectivity index (χ0v) is 29.0. The van der Waals surface area contributed by atoms with Gasteiger partial charge in [-0.15, -0.1) is 0 Å². The molecule has 0 bridgehead atoms. The minimum atomic E-state index is -0.460. The van der Waals surface area contributed by atoms with Crippen LogP contribution in [0.25, 0.3) is 0 Å². The summed E-state index contributed by atoms with van der Waals surface area (Å²) >= 11 is 0. The molecule has 0 aromatic carbocycles. The van der Waals surface area contributed by atoms with Gasteiger partial charge in [0.2, 0.25) is 0 Å². The van der Waals surface area contributed by atoms with E-state index in [1.165, 1.54) is 25.7 Å². The highest BCUT2D eigenvalue weighted by Gasteiger charge is 2.31. The lowest BCUT2D eigenvalue weighted by Crippen LogP contribution is -2.51. The number of carbonyl (C=O) groups excluding carboxylic acids is 3. The summed E-state index contributed by atoms with van der Waals surface area (Å²) in [5, 5.41) is 22.0. The van der Waals surface area contributed by atoms with E-state index >= 15 is 0 Å². The summed E-state index contributed by atoms with van der Waals surface area (Å²) in [6, 6.07) is 1.16. The fraction of sp³-hybridized carbons (Fsp3) is 0.912. The van der Waals surface area contributed by atoms with Gasteiger partial charge in [0, 0.05) is 70.4 Å². The van der Waals surface area contributed by atoms with Gasteiger partial charge < -0.3 is 40.5 Å². The SMILES string of the molecule is CC(C)(C)OC(=O)N1CCC(=O)CC1.CC(C)(C)OC(=O)N1CCC(N[C@H]2CCCC[C@@H]2CO)CC1.N[C@H]1CCCC[C@@H]1CO. The number of ketones is 1. The Hall–Kier alpha value is -1.95. The fourth-order valence-electron chi connectivity index (χ4n) is 6.23. The number of Topliss-reactive ketones (excluding diaryl/α,β-unsaturated/α-hetero) is 1.